The molecule has 0 bridgehead atoms. The Bertz CT molecular complexity index is 1660. The van der Waals surface area contributed by atoms with Gasteiger partial charge < -0.3 is 34.5 Å². The molecule has 5 rings (SSSR count). The first-order valence-electron chi connectivity index (χ1n) is 14.4. The van der Waals surface area contributed by atoms with Gasteiger partial charge >= 0.3 is 0 Å². The highest BCUT2D eigenvalue weighted by atomic mass is 16.5. The van der Waals surface area contributed by atoms with Crippen molar-refractivity contribution in [3.05, 3.63) is 119 Å². The third-order valence-electron chi connectivity index (χ3n) is 7.71. The molecule has 4 N–H and O–H groups in total. The van der Waals surface area contributed by atoms with Crippen molar-refractivity contribution in [2.75, 3.05) is 19.8 Å². The molecular formula is C35H37N3O6. The summed E-state index contributed by atoms with van der Waals surface area (Å²) >= 11 is 0. The fraction of sp³-hybridized carbons (Fsp3) is 0.257. The van der Waals surface area contributed by atoms with Gasteiger partial charge in [-0.25, -0.2) is 0 Å². The lowest BCUT2D eigenvalue weighted by atomic mass is 9.94. The van der Waals surface area contributed by atoms with Crippen LogP contribution in [-0.2, 0) is 19.8 Å². The molecule has 9 nitrogen and oxygen atoms in total. The fourth-order valence-corrected chi connectivity index (χ4v) is 4.82. The molecular weight excluding hydrogens is 558 g/mol. The molecule has 0 spiro atoms. The van der Waals surface area contributed by atoms with E-state index < -0.39 is 25.4 Å². The van der Waals surface area contributed by atoms with Crippen molar-refractivity contribution in [1.82, 2.24) is 15.5 Å². The molecule has 5 aromatic rings. The van der Waals surface area contributed by atoms with Crippen LogP contribution < -0.4 is 14.8 Å². The summed E-state index contributed by atoms with van der Waals surface area (Å²) in [6.07, 6.45) is 0. The van der Waals surface area contributed by atoms with Gasteiger partial charge in [0.25, 0.3) is 5.89 Å². The highest BCUT2D eigenvalue weighted by Crippen LogP contribution is 2.31. The Morgan fingerprint density at radius 2 is 1.45 bits per heavy atom. The normalized spacial score (nSPS) is 11.5. The number of benzene rings is 4. The molecule has 0 atom stereocenters. The molecule has 0 unspecified atom stereocenters. The number of rotatable bonds is 14. The van der Waals surface area contributed by atoms with E-state index in [0.29, 0.717) is 29.9 Å². The van der Waals surface area contributed by atoms with Gasteiger partial charge in [-0.3, -0.25) is 0 Å². The SMILES string of the molecule is Cc1ccccc1-c1cccc(COc2ccc(CNC(CO)(CO)CO)c(OCc3nnc(-c4ccccc4)o3)c2)c1C. The van der Waals surface area contributed by atoms with E-state index in [1.807, 2.05) is 60.7 Å². The average Bonchev–Trinajstić information content (AvgIpc) is 3.55. The van der Waals surface area contributed by atoms with Crippen molar-refractivity contribution >= 4 is 0 Å². The van der Waals surface area contributed by atoms with Crippen LogP contribution in [0.3, 0.4) is 0 Å². The van der Waals surface area contributed by atoms with Gasteiger partial charge in [-0.2, -0.15) is 0 Å². The second-order valence-electron chi connectivity index (χ2n) is 10.7. The number of aliphatic hydroxyl groups is 3. The van der Waals surface area contributed by atoms with E-state index in [0.717, 1.165) is 22.3 Å². The Balaban J connectivity index is 1.35. The van der Waals surface area contributed by atoms with Gasteiger partial charge in [0.2, 0.25) is 5.89 Å². The van der Waals surface area contributed by atoms with Gasteiger partial charge in [-0.15, -0.1) is 10.2 Å². The number of aliphatic hydroxyl groups excluding tert-OH is 3. The number of nitrogens with zero attached hydrogens (tertiary/aromatic N) is 2. The molecule has 228 valence electrons. The van der Waals surface area contributed by atoms with Crippen LogP contribution in [0.25, 0.3) is 22.6 Å². The molecule has 44 heavy (non-hydrogen) atoms. The van der Waals surface area contributed by atoms with Crippen LogP contribution in [0.15, 0.2) is 95.4 Å². The molecule has 0 saturated heterocycles. The van der Waals surface area contributed by atoms with Crippen LogP contribution in [0, 0.1) is 13.8 Å². The number of aryl methyl sites for hydroxylation is 1. The monoisotopic (exact) mass is 595 g/mol. The first kappa shape index (κ1) is 30.9. The molecule has 0 aliphatic heterocycles. The van der Waals surface area contributed by atoms with E-state index in [-0.39, 0.29) is 13.2 Å². The van der Waals surface area contributed by atoms with Gasteiger partial charge in [-0.05, 0) is 59.9 Å². The molecule has 9 heteroatoms. The number of hydrogen-bond acceptors (Lipinski definition) is 9. The van der Waals surface area contributed by atoms with Crippen LogP contribution in [0.2, 0.25) is 0 Å². The summed E-state index contributed by atoms with van der Waals surface area (Å²) in [5.41, 5.74) is 6.08. The lowest BCUT2D eigenvalue weighted by molar-refractivity contribution is 0.0412. The molecule has 1 heterocycles. The van der Waals surface area contributed by atoms with Gasteiger partial charge in [0.15, 0.2) is 6.61 Å². The van der Waals surface area contributed by atoms with Crippen molar-refractivity contribution in [3.8, 4) is 34.1 Å². The Morgan fingerprint density at radius 3 is 2.20 bits per heavy atom. The fourth-order valence-electron chi connectivity index (χ4n) is 4.82. The van der Waals surface area contributed by atoms with Crippen LogP contribution in [0.5, 0.6) is 11.5 Å². The first-order valence-corrected chi connectivity index (χ1v) is 14.4. The minimum atomic E-state index is -1.25. The number of hydrogen-bond donors (Lipinski definition) is 4. The zero-order valence-corrected chi connectivity index (χ0v) is 24.9. The van der Waals surface area contributed by atoms with Crippen molar-refractivity contribution in [3.63, 3.8) is 0 Å². The summed E-state index contributed by atoms with van der Waals surface area (Å²) in [4.78, 5) is 0. The maximum atomic E-state index is 9.76. The minimum Gasteiger partial charge on any atom is -0.489 e. The zero-order chi connectivity index (χ0) is 30.9. The van der Waals surface area contributed by atoms with E-state index in [1.165, 1.54) is 16.7 Å². The van der Waals surface area contributed by atoms with Crippen LogP contribution in [0.1, 0.15) is 28.1 Å². The summed E-state index contributed by atoms with van der Waals surface area (Å²) in [6.45, 7) is 3.46. The maximum Gasteiger partial charge on any atom is 0.254 e. The van der Waals surface area contributed by atoms with Crippen molar-refractivity contribution in [1.29, 1.82) is 0 Å². The summed E-state index contributed by atoms with van der Waals surface area (Å²) in [5.74, 6) is 1.78. The van der Waals surface area contributed by atoms with Crippen molar-refractivity contribution in [2.45, 2.75) is 39.1 Å². The molecule has 0 aliphatic carbocycles. The van der Waals surface area contributed by atoms with Gasteiger partial charge in [0, 0.05) is 23.7 Å². The average molecular weight is 596 g/mol. The van der Waals surface area contributed by atoms with Crippen LogP contribution >= 0.6 is 0 Å². The van der Waals surface area contributed by atoms with Gasteiger partial charge in [0.05, 0.1) is 25.4 Å². The smallest absolute Gasteiger partial charge is 0.254 e. The van der Waals surface area contributed by atoms with Gasteiger partial charge in [-0.1, -0.05) is 66.7 Å². The standard InChI is InChI=1S/C35H37N3O6/c1-24-9-6-7-13-30(24)31-14-8-12-28(25(31)2)19-42-29-16-15-27(18-36-35(21-39,22-40)23-41)32(17-29)43-20-33-37-38-34(44-33)26-10-4-3-5-11-26/h3-17,36,39-41H,18-23H2,1-2H3. The van der Waals surface area contributed by atoms with Crippen LogP contribution in [0.4, 0.5) is 0 Å². The molecule has 0 saturated carbocycles. The van der Waals surface area contributed by atoms with E-state index in [4.69, 9.17) is 13.9 Å². The molecule has 0 amide bonds. The Labute approximate surface area is 256 Å². The molecule has 0 radical (unpaired) electrons. The number of ether oxygens (including phenoxy) is 2. The summed E-state index contributed by atoms with van der Waals surface area (Å²) < 4.78 is 18.2. The second-order valence-corrected chi connectivity index (χ2v) is 10.7. The molecule has 1 aromatic heterocycles. The van der Waals surface area contributed by atoms with Crippen molar-refractivity contribution in [2.24, 2.45) is 0 Å². The van der Waals surface area contributed by atoms with Crippen molar-refractivity contribution < 1.29 is 29.2 Å². The molecule has 0 aliphatic rings. The quantitative estimate of drug-likeness (QED) is 0.140. The predicted octanol–water partition coefficient (Wildman–Crippen LogP) is 4.98. The summed E-state index contributed by atoms with van der Waals surface area (Å²) in [5, 5.41) is 40.6. The topological polar surface area (TPSA) is 130 Å². The third kappa shape index (κ3) is 7.15. The minimum absolute atomic E-state index is 0.0129. The maximum absolute atomic E-state index is 9.76. The first-order chi connectivity index (χ1) is 21.4. The Morgan fingerprint density at radius 1 is 0.727 bits per heavy atom. The highest BCUT2D eigenvalue weighted by molar-refractivity contribution is 5.71. The van der Waals surface area contributed by atoms with E-state index >= 15 is 0 Å². The summed E-state index contributed by atoms with van der Waals surface area (Å²) in [6, 6.07) is 29.5. The predicted molar refractivity (Wildman–Crippen MR) is 167 cm³/mol. The summed E-state index contributed by atoms with van der Waals surface area (Å²) in [7, 11) is 0. The van der Waals surface area contributed by atoms with E-state index in [2.05, 4.69) is 53.6 Å². The van der Waals surface area contributed by atoms with E-state index in [9.17, 15) is 15.3 Å². The largest absolute Gasteiger partial charge is 0.489 e. The molecule has 0 fully saturated rings. The highest BCUT2D eigenvalue weighted by Gasteiger charge is 2.27. The molecule has 4 aromatic carbocycles. The lowest BCUT2D eigenvalue weighted by Gasteiger charge is -2.29. The Hall–Kier alpha value is -4.54. The Kier molecular flexibility index (Phi) is 10.0. The third-order valence-corrected chi connectivity index (χ3v) is 7.71. The number of aromatic nitrogens is 2. The van der Waals surface area contributed by atoms with E-state index in [1.54, 1.807) is 6.07 Å². The zero-order valence-electron chi connectivity index (χ0n) is 24.9. The van der Waals surface area contributed by atoms with Crippen LogP contribution in [-0.4, -0.2) is 50.9 Å². The second kappa shape index (κ2) is 14.3. The van der Waals surface area contributed by atoms with Gasteiger partial charge in [0.1, 0.15) is 18.1 Å². The number of nitrogens with one attached hydrogen (secondary N) is 1. The lowest BCUT2D eigenvalue weighted by Crippen LogP contribution is -2.54.